The SMILES string of the molecule is CC#CCN[C@H]1CCCN(c2c(F)cc(C(N)=O)c3[nH]c4cc(C(=O)N5CCN(C)CC5)ccc4c23)C1. The molecule has 4 N–H and O–H groups in total. The van der Waals surface area contributed by atoms with Crippen molar-refractivity contribution in [1.82, 2.24) is 20.1 Å². The first-order valence-electron chi connectivity index (χ1n) is 12.8. The summed E-state index contributed by atoms with van der Waals surface area (Å²) in [5.41, 5.74) is 7.94. The van der Waals surface area contributed by atoms with Gasteiger partial charge in [0.1, 0.15) is 5.82 Å². The molecule has 37 heavy (non-hydrogen) atoms. The Morgan fingerprint density at radius 1 is 1.19 bits per heavy atom. The second-order valence-corrected chi connectivity index (χ2v) is 9.94. The maximum Gasteiger partial charge on any atom is 0.254 e. The number of hydrogen-bond acceptors (Lipinski definition) is 5. The Balaban J connectivity index is 1.57. The molecule has 8 nitrogen and oxygen atoms in total. The molecule has 0 radical (unpaired) electrons. The number of carbonyl (C=O) groups is 2. The second kappa shape index (κ2) is 10.4. The highest BCUT2D eigenvalue weighted by atomic mass is 19.1. The Bertz CT molecular complexity index is 1410. The first-order chi connectivity index (χ1) is 17.9. The number of likely N-dealkylation sites (N-methyl/N-ethyl adjacent to an activating group) is 1. The van der Waals surface area contributed by atoms with Crippen LogP contribution in [0.4, 0.5) is 10.1 Å². The fraction of sp³-hybridized carbons (Fsp3) is 0.429. The van der Waals surface area contributed by atoms with E-state index in [-0.39, 0.29) is 17.5 Å². The predicted molar refractivity (Wildman–Crippen MR) is 144 cm³/mol. The second-order valence-electron chi connectivity index (χ2n) is 9.94. The molecule has 2 fully saturated rings. The molecule has 0 spiro atoms. The summed E-state index contributed by atoms with van der Waals surface area (Å²) < 4.78 is 15.7. The zero-order chi connectivity index (χ0) is 26.1. The number of rotatable bonds is 5. The molecule has 2 saturated heterocycles. The molecule has 3 heterocycles. The highest BCUT2D eigenvalue weighted by Gasteiger charge is 2.28. The summed E-state index contributed by atoms with van der Waals surface area (Å²) in [6.45, 7) is 6.74. The first-order valence-corrected chi connectivity index (χ1v) is 12.8. The van der Waals surface area contributed by atoms with Gasteiger partial charge in [0, 0.05) is 67.2 Å². The van der Waals surface area contributed by atoms with Crippen LogP contribution in [0.15, 0.2) is 24.3 Å². The van der Waals surface area contributed by atoms with E-state index in [0.717, 1.165) is 31.3 Å². The van der Waals surface area contributed by atoms with E-state index >= 15 is 4.39 Å². The number of anilines is 1. The number of piperazine rings is 1. The van der Waals surface area contributed by atoms with Gasteiger partial charge in [0.05, 0.1) is 23.3 Å². The van der Waals surface area contributed by atoms with Crippen LogP contribution in [0.5, 0.6) is 0 Å². The summed E-state index contributed by atoms with van der Waals surface area (Å²) in [4.78, 5) is 34.8. The lowest BCUT2D eigenvalue weighted by molar-refractivity contribution is 0.0664. The van der Waals surface area contributed by atoms with Crippen molar-refractivity contribution in [2.24, 2.45) is 5.73 Å². The van der Waals surface area contributed by atoms with Crippen molar-refractivity contribution >= 4 is 39.3 Å². The molecule has 1 aromatic heterocycles. The van der Waals surface area contributed by atoms with Crippen LogP contribution in [0.3, 0.4) is 0 Å². The minimum Gasteiger partial charge on any atom is -0.367 e. The van der Waals surface area contributed by atoms with Crippen LogP contribution in [0.2, 0.25) is 0 Å². The number of nitrogens with zero attached hydrogens (tertiary/aromatic N) is 3. The lowest BCUT2D eigenvalue weighted by atomic mass is 10.00. The van der Waals surface area contributed by atoms with E-state index in [0.29, 0.717) is 60.4 Å². The van der Waals surface area contributed by atoms with Crippen LogP contribution < -0.4 is 16.0 Å². The van der Waals surface area contributed by atoms with E-state index in [1.807, 2.05) is 29.8 Å². The van der Waals surface area contributed by atoms with Crippen LogP contribution in [0, 0.1) is 17.7 Å². The molecule has 0 saturated carbocycles. The molecule has 1 atom stereocenters. The Hall–Kier alpha value is -3.61. The minimum absolute atomic E-state index is 0.0321. The van der Waals surface area contributed by atoms with Gasteiger partial charge in [0.15, 0.2) is 0 Å². The number of piperidine rings is 1. The molecule has 194 valence electrons. The van der Waals surface area contributed by atoms with Gasteiger partial charge in [-0.3, -0.25) is 9.59 Å². The van der Waals surface area contributed by atoms with E-state index in [4.69, 9.17) is 5.73 Å². The largest absolute Gasteiger partial charge is 0.367 e. The van der Waals surface area contributed by atoms with E-state index < -0.39 is 11.7 Å². The third kappa shape index (κ3) is 4.87. The van der Waals surface area contributed by atoms with E-state index in [1.54, 1.807) is 12.1 Å². The molecular weight excluding hydrogens is 471 g/mol. The number of H-pyrrole nitrogens is 1. The van der Waals surface area contributed by atoms with Gasteiger partial charge in [0.2, 0.25) is 0 Å². The normalized spacial score (nSPS) is 18.7. The zero-order valence-corrected chi connectivity index (χ0v) is 21.4. The topological polar surface area (TPSA) is 97.7 Å². The van der Waals surface area contributed by atoms with Crippen molar-refractivity contribution in [3.8, 4) is 11.8 Å². The fourth-order valence-electron chi connectivity index (χ4n) is 5.49. The van der Waals surface area contributed by atoms with Crippen molar-refractivity contribution in [1.29, 1.82) is 0 Å². The number of aromatic amines is 1. The molecule has 3 aromatic rings. The van der Waals surface area contributed by atoms with Crippen LogP contribution in [-0.4, -0.2) is 85.5 Å². The minimum atomic E-state index is -0.702. The van der Waals surface area contributed by atoms with Gasteiger partial charge in [-0.15, -0.1) is 5.92 Å². The number of hydrogen-bond donors (Lipinski definition) is 3. The first kappa shape index (κ1) is 25.1. The lowest BCUT2D eigenvalue weighted by Gasteiger charge is -2.35. The van der Waals surface area contributed by atoms with Crippen molar-refractivity contribution in [2.45, 2.75) is 25.8 Å². The Morgan fingerprint density at radius 2 is 1.97 bits per heavy atom. The summed E-state index contributed by atoms with van der Waals surface area (Å²) in [6.07, 6.45) is 1.89. The Labute approximate surface area is 215 Å². The maximum absolute atomic E-state index is 15.7. The van der Waals surface area contributed by atoms with Crippen LogP contribution in [-0.2, 0) is 0 Å². The molecule has 2 aromatic carbocycles. The van der Waals surface area contributed by atoms with E-state index in [9.17, 15) is 9.59 Å². The summed E-state index contributed by atoms with van der Waals surface area (Å²) in [5.74, 6) is 4.71. The third-order valence-electron chi connectivity index (χ3n) is 7.50. The standard InChI is InChI=1S/C28H33FN6O2/c1-3-4-9-31-19-6-5-10-35(17-19)26-22(29)16-21(27(30)36)25-24(26)20-8-7-18(15-23(20)32-25)28(37)34-13-11-33(2)12-14-34/h7-8,15-16,19,31-32H,5-6,9-14,17H2,1-2H3,(H2,30,36)/t19-/m0/s1. The van der Waals surface area contributed by atoms with Crippen LogP contribution in [0.25, 0.3) is 21.8 Å². The van der Waals surface area contributed by atoms with Crippen molar-refractivity contribution < 1.29 is 14.0 Å². The molecule has 2 aliphatic rings. The Morgan fingerprint density at radius 3 is 2.70 bits per heavy atom. The summed E-state index contributed by atoms with van der Waals surface area (Å²) in [5, 5.41) is 4.82. The smallest absolute Gasteiger partial charge is 0.254 e. The Kier molecular flexibility index (Phi) is 7.04. The highest BCUT2D eigenvalue weighted by Crippen LogP contribution is 2.39. The van der Waals surface area contributed by atoms with Gasteiger partial charge < -0.3 is 30.7 Å². The van der Waals surface area contributed by atoms with Crippen molar-refractivity contribution in [3.05, 3.63) is 41.2 Å². The van der Waals surface area contributed by atoms with Gasteiger partial charge in [0.25, 0.3) is 11.8 Å². The molecule has 0 unspecified atom stereocenters. The highest BCUT2D eigenvalue weighted by molar-refractivity contribution is 6.20. The fourth-order valence-corrected chi connectivity index (χ4v) is 5.49. The number of aromatic nitrogens is 1. The number of halogens is 1. The van der Waals surface area contributed by atoms with Crippen molar-refractivity contribution in [3.63, 3.8) is 0 Å². The molecule has 5 rings (SSSR count). The maximum atomic E-state index is 15.7. The van der Waals surface area contributed by atoms with Gasteiger partial charge in [-0.05, 0) is 45.0 Å². The quantitative estimate of drug-likeness (QED) is 0.464. The van der Waals surface area contributed by atoms with Gasteiger partial charge in [-0.2, -0.15) is 0 Å². The van der Waals surface area contributed by atoms with Gasteiger partial charge >= 0.3 is 0 Å². The van der Waals surface area contributed by atoms with E-state index in [2.05, 4.69) is 27.0 Å². The molecule has 0 bridgehead atoms. The number of nitrogens with one attached hydrogen (secondary N) is 2. The van der Waals surface area contributed by atoms with Gasteiger partial charge in [-0.1, -0.05) is 12.0 Å². The number of nitrogens with two attached hydrogens (primary N) is 1. The molecule has 2 amide bonds. The average molecular weight is 505 g/mol. The zero-order valence-electron chi connectivity index (χ0n) is 21.4. The third-order valence-corrected chi connectivity index (χ3v) is 7.50. The number of primary amides is 1. The molecular formula is C28H33FN6O2. The molecule has 2 aliphatic heterocycles. The van der Waals surface area contributed by atoms with Crippen LogP contribution >= 0.6 is 0 Å². The number of fused-ring (bicyclic) bond motifs is 3. The summed E-state index contributed by atoms with van der Waals surface area (Å²) in [6, 6.07) is 6.84. The number of benzene rings is 2. The molecule has 0 aliphatic carbocycles. The number of amides is 2. The average Bonchev–Trinajstić information content (AvgIpc) is 3.27. The summed E-state index contributed by atoms with van der Waals surface area (Å²) in [7, 11) is 2.05. The monoisotopic (exact) mass is 504 g/mol. The van der Waals surface area contributed by atoms with E-state index in [1.165, 1.54) is 6.07 Å². The van der Waals surface area contributed by atoms with Crippen molar-refractivity contribution in [2.75, 3.05) is 57.8 Å². The molecule has 9 heteroatoms. The lowest BCUT2D eigenvalue weighted by Crippen LogP contribution is -2.47. The number of carbonyl (C=O) groups excluding carboxylic acids is 2. The van der Waals surface area contributed by atoms with Gasteiger partial charge in [-0.25, -0.2) is 4.39 Å². The predicted octanol–water partition coefficient (Wildman–Crippen LogP) is 2.53. The summed E-state index contributed by atoms with van der Waals surface area (Å²) >= 11 is 0. The van der Waals surface area contributed by atoms with Crippen LogP contribution in [0.1, 0.15) is 40.5 Å².